The highest BCUT2D eigenvalue weighted by Gasteiger charge is 2.06. The average molecular weight is 208 g/mol. The molecule has 2 rings (SSSR count). The van der Waals surface area contributed by atoms with E-state index in [0.717, 1.165) is 9.86 Å². The number of thiocyanates is 1. The lowest BCUT2D eigenvalue weighted by Crippen LogP contribution is -1.73. The summed E-state index contributed by atoms with van der Waals surface area (Å²) in [4.78, 5) is 4.41. The number of benzene rings is 1. The second-order valence-electron chi connectivity index (χ2n) is 2.62. The van der Waals surface area contributed by atoms with Crippen LogP contribution >= 0.6 is 22.2 Å². The fourth-order valence-corrected chi connectivity index (χ4v) is 3.06. The summed E-state index contributed by atoms with van der Waals surface area (Å²) in [5, 5.41) is 11.0. The SMILES string of the molecule is C[SH](C#N)c1nc2ccccc2s1. The Balaban J connectivity index is 2.57. The number of rotatable bonds is 1. The van der Waals surface area contributed by atoms with Crippen LogP contribution in [0.4, 0.5) is 0 Å². The van der Waals surface area contributed by atoms with E-state index < -0.39 is 10.9 Å². The molecule has 0 aliphatic heterocycles. The summed E-state index contributed by atoms with van der Waals surface area (Å²) in [6, 6.07) is 7.98. The molecular formula is C9H8N2S2. The lowest BCUT2D eigenvalue weighted by Gasteiger charge is -1.97. The van der Waals surface area contributed by atoms with Gasteiger partial charge >= 0.3 is 0 Å². The molecule has 1 unspecified atom stereocenters. The second kappa shape index (κ2) is 3.36. The first-order chi connectivity index (χ1) is 6.31. The Morgan fingerprint density at radius 3 is 2.92 bits per heavy atom. The molecule has 0 N–H and O–H groups in total. The van der Waals surface area contributed by atoms with Crippen molar-refractivity contribution in [2.24, 2.45) is 0 Å². The zero-order chi connectivity index (χ0) is 9.26. The fourth-order valence-electron chi connectivity index (χ4n) is 1.05. The average Bonchev–Trinajstić information content (AvgIpc) is 2.59. The van der Waals surface area contributed by atoms with Gasteiger partial charge in [-0.15, -0.1) is 22.2 Å². The Morgan fingerprint density at radius 1 is 1.46 bits per heavy atom. The highest BCUT2D eigenvalue weighted by molar-refractivity contribution is 8.21. The van der Waals surface area contributed by atoms with Gasteiger partial charge in [0.05, 0.1) is 10.2 Å². The van der Waals surface area contributed by atoms with Gasteiger partial charge in [-0.2, -0.15) is 5.26 Å². The zero-order valence-corrected chi connectivity index (χ0v) is 8.77. The molecule has 1 aromatic heterocycles. The Labute approximate surface area is 83.2 Å². The number of nitrogens with zero attached hydrogens (tertiary/aromatic N) is 2. The van der Waals surface area contributed by atoms with Crippen molar-refractivity contribution < 1.29 is 0 Å². The molecule has 13 heavy (non-hydrogen) atoms. The first-order valence-electron chi connectivity index (χ1n) is 3.80. The maximum absolute atomic E-state index is 8.76. The maximum Gasteiger partial charge on any atom is 0.143 e. The van der Waals surface area contributed by atoms with E-state index in [0.29, 0.717) is 0 Å². The minimum Gasteiger partial charge on any atom is -0.231 e. The van der Waals surface area contributed by atoms with Gasteiger partial charge in [0.1, 0.15) is 9.74 Å². The van der Waals surface area contributed by atoms with E-state index in [-0.39, 0.29) is 0 Å². The van der Waals surface area contributed by atoms with Crippen LogP contribution in [0.25, 0.3) is 10.2 Å². The quantitative estimate of drug-likeness (QED) is 0.578. The molecule has 0 saturated carbocycles. The summed E-state index contributed by atoms with van der Waals surface area (Å²) in [6.07, 6.45) is 1.94. The van der Waals surface area contributed by atoms with Gasteiger partial charge in [0, 0.05) is 0 Å². The molecule has 66 valence electrons. The van der Waals surface area contributed by atoms with Crippen molar-refractivity contribution in [1.82, 2.24) is 4.98 Å². The molecule has 0 aliphatic rings. The van der Waals surface area contributed by atoms with Crippen LogP contribution in [0.5, 0.6) is 0 Å². The predicted octanol–water partition coefficient (Wildman–Crippen LogP) is 2.77. The topological polar surface area (TPSA) is 36.7 Å². The van der Waals surface area contributed by atoms with Gasteiger partial charge in [-0.3, -0.25) is 0 Å². The van der Waals surface area contributed by atoms with Gasteiger partial charge in [-0.1, -0.05) is 12.1 Å². The summed E-state index contributed by atoms with van der Waals surface area (Å²) in [5.74, 6) is 0. The summed E-state index contributed by atoms with van der Waals surface area (Å²) in [7, 11) is -0.707. The summed E-state index contributed by atoms with van der Waals surface area (Å²) in [5.41, 5.74) is 1.01. The maximum atomic E-state index is 8.76. The number of para-hydroxylation sites is 1. The van der Waals surface area contributed by atoms with E-state index in [1.807, 2.05) is 30.5 Å². The Morgan fingerprint density at radius 2 is 2.23 bits per heavy atom. The van der Waals surface area contributed by atoms with Crippen molar-refractivity contribution in [1.29, 1.82) is 5.26 Å². The van der Waals surface area contributed by atoms with E-state index in [2.05, 4.69) is 10.4 Å². The highest BCUT2D eigenvalue weighted by Crippen LogP contribution is 2.36. The van der Waals surface area contributed by atoms with E-state index in [1.165, 1.54) is 4.70 Å². The standard InChI is InChI=1S/C9H8N2S2/c1-13(6-10)9-11-7-4-2-3-5-8(7)12-9/h2-5,13H,1H3. The lowest BCUT2D eigenvalue weighted by atomic mass is 10.3. The van der Waals surface area contributed by atoms with Crippen LogP contribution in [0.1, 0.15) is 0 Å². The number of hydrogen-bond acceptors (Lipinski definition) is 3. The first-order valence-corrected chi connectivity index (χ1v) is 6.41. The number of nitriles is 1. The third-order valence-electron chi connectivity index (χ3n) is 1.72. The smallest absolute Gasteiger partial charge is 0.143 e. The molecule has 1 atom stereocenters. The molecule has 4 heteroatoms. The van der Waals surface area contributed by atoms with Crippen LogP contribution < -0.4 is 0 Å². The van der Waals surface area contributed by atoms with Gasteiger partial charge < -0.3 is 0 Å². The van der Waals surface area contributed by atoms with E-state index in [9.17, 15) is 0 Å². The minimum atomic E-state index is -0.707. The molecule has 2 aromatic rings. The van der Waals surface area contributed by atoms with Crippen LogP contribution in [-0.2, 0) is 0 Å². The van der Waals surface area contributed by atoms with Crippen LogP contribution in [0.2, 0.25) is 0 Å². The minimum absolute atomic E-state index is 0.707. The zero-order valence-electron chi connectivity index (χ0n) is 7.06. The van der Waals surface area contributed by atoms with Crippen LogP contribution in [0.15, 0.2) is 28.6 Å². The van der Waals surface area contributed by atoms with Crippen molar-refractivity contribution >= 4 is 32.4 Å². The van der Waals surface area contributed by atoms with Crippen molar-refractivity contribution in [3.63, 3.8) is 0 Å². The Bertz CT molecular complexity index is 437. The van der Waals surface area contributed by atoms with Gasteiger partial charge in [0.25, 0.3) is 0 Å². The van der Waals surface area contributed by atoms with E-state index >= 15 is 0 Å². The first kappa shape index (κ1) is 8.54. The number of aromatic nitrogens is 1. The van der Waals surface area contributed by atoms with Crippen molar-refractivity contribution in [2.75, 3.05) is 6.26 Å². The Kier molecular flexibility index (Phi) is 2.21. The van der Waals surface area contributed by atoms with Gasteiger partial charge in [0.15, 0.2) is 0 Å². The lowest BCUT2D eigenvalue weighted by molar-refractivity contribution is 1.30. The van der Waals surface area contributed by atoms with Gasteiger partial charge in [0.2, 0.25) is 0 Å². The molecule has 0 saturated heterocycles. The van der Waals surface area contributed by atoms with Crippen LogP contribution in [0, 0.1) is 10.7 Å². The number of fused-ring (bicyclic) bond motifs is 1. The molecule has 0 amide bonds. The predicted molar refractivity (Wildman–Crippen MR) is 58.4 cm³/mol. The van der Waals surface area contributed by atoms with Crippen LogP contribution in [-0.4, -0.2) is 11.2 Å². The third kappa shape index (κ3) is 1.53. The third-order valence-corrected chi connectivity index (χ3v) is 4.63. The molecule has 1 aromatic carbocycles. The highest BCUT2D eigenvalue weighted by atomic mass is 32.2. The summed E-state index contributed by atoms with van der Waals surface area (Å²) >= 11 is 1.63. The monoisotopic (exact) mass is 208 g/mol. The van der Waals surface area contributed by atoms with Gasteiger partial charge in [-0.25, -0.2) is 4.98 Å². The fraction of sp³-hybridized carbons (Fsp3) is 0.111. The van der Waals surface area contributed by atoms with Gasteiger partial charge in [-0.05, 0) is 18.4 Å². The summed E-state index contributed by atoms with van der Waals surface area (Å²) in [6.45, 7) is 0. The van der Waals surface area contributed by atoms with Crippen molar-refractivity contribution in [3.05, 3.63) is 24.3 Å². The molecule has 1 heterocycles. The normalized spacial score (nSPS) is 14.0. The number of hydrogen-bond donors (Lipinski definition) is 1. The molecule has 2 nitrogen and oxygen atoms in total. The van der Waals surface area contributed by atoms with Crippen LogP contribution in [0.3, 0.4) is 0 Å². The number of thiol groups is 1. The Hall–Kier alpha value is -1.05. The molecule has 0 fully saturated rings. The van der Waals surface area contributed by atoms with E-state index in [1.54, 1.807) is 11.3 Å². The molecule has 0 spiro atoms. The molecule has 0 bridgehead atoms. The largest absolute Gasteiger partial charge is 0.231 e. The van der Waals surface area contributed by atoms with Crippen molar-refractivity contribution in [2.45, 2.75) is 4.34 Å². The molecule has 0 radical (unpaired) electrons. The number of thiazole rings is 1. The van der Waals surface area contributed by atoms with Crippen molar-refractivity contribution in [3.8, 4) is 5.40 Å². The summed E-state index contributed by atoms with van der Waals surface area (Å²) < 4.78 is 2.14. The van der Waals surface area contributed by atoms with E-state index in [4.69, 9.17) is 5.26 Å². The molecule has 0 aliphatic carbocycles. The second-order valence-corrected chi connectivity index (χ2v) is 5.70. The molecular weight excluding hydrogens is 200 g/mol.